The Balaban J connectivity index is 0.00000312. The largest absolute Gasteiger partial charge is 0.491 e. The lowest BCUT2D eigenvalue weighted by Gasteiger charge is -2.13. The number of guanidine groups is 1. The number of aromatic nitrogens is 1. The molecule has 0 bridgehead atoms. The summed E-state index contributed by atoms with van der Waals surface area (Å²) in [7, 11) is 0. The van der Waals surface area contributed by atoms with Crippen molar-refractivity contribution < 1.29 is 4.74 Å². The molecule has 1 aromatic heterocycles. The second-order valence-electron chi connectivity index (χ2n) is 5.37. The third-order valence-electron chi connectivity index (χ3n) is 3.45. The number of hydrogen-bond donors (Lipinski definition) is 2. The van der Waals surface area contributed by atoms with Crippen LogP contribution in [0.2, 0.25) is 0 Å². The zero-order valence-electron chi connectivity index (χ0n) is 14.9. The number of para-hydroxylation sites is 1. The van der Waals surface area contributed by atoms with Crippen molar-refractivity contribution >= 4 is 29.9 Å². The van der Waals surface area contributed by atoms with E-state index in [2.05, 4.69) is 27.5 Å². The summed E-state index contributed by atoms with van der Waals surface area (Å²) in [4.78, 5) is 8.88. The molecule has 2 aromatic rings. The lowest BCUT2D eigenvalue weighted by atomic mass is 10.2. The number of halogens is 1. The summed E-state index contributed by atoms with van der Waals surface area (Å²) in [6, 6.07) is 14.0. The molecule has 0 aliphatic carbocycles. The highest BCUT2D eigenvalue weighted by Gasteiger charge is 2.00. The maximum Gasteiger partial charge on any atom is 0.191 e. The quantitative estimate of drug-likeness (QED) is 0.279. The highest BCUT2D eigenvalue weighted by molar-refractivity contribution is 14.0. The molecule has 0 spiro atoms. The van der Waals surface area contributed by atoms with Crippen molar-refractivity contribution in [3.63, 3.8) is 0 Å². The molecule has 0 fully saturated rings. The van der Waals surface area contributed by atoms with E-state index in [0.29, 0.717) is 19.7 Å². The van der Waals surface area contributed by atoms with Gasteiger partial charge in [0.05, 0.1) is 6.54 Å². The molecule has 5 nitrogen and oxygen atoms in total. The van der Waals surface area contributed by atoms with Crippen LogP contribution in [-0.4, -0.2) is 37.2 Å². The van der Waals surface area contributed by atoms with Gasteiger partial charge in [0.2, 0.25) is 0 Å². The molecule has 0 amide bonds. The molecular formula is C19H27IN4O. The SMILES string of the molecule is CCNC(=NCCc1ccccn1)NCCOc1ccccc1C.I. The van der Waals surface area contributed by atoms with Gasteiger partial charge >= 0.3 is 0 Å². The first kappa shape index (κ1) is 21.2. The van der Waals surface area contributed by atoms with E-state index in [-0.39, 0.29) is 24.0 Å². The Morgan fingerprint density at radius 1 is 1.12 bits per heavy atom. The van der Waals surface area contributed by atoms with Crippen LogP contribution in [-0.2, 0) is 6.42 Å². The van der Waals surface area contributed by atoms with Crippen molar-refractivity contribution in [1.29, 1.82) is 0 Å². The fourth-order valence-corrected chi connectivity index (χ4v) is 2.22. The number of rotatable bonds is 8. The molecule has 0 saturated heterocycles. The van der Waals surface area contributed by atoms with Crippen LogP contribution in [0, 0.1) is 6.92 Å². The second kappa shape index (κ2) is 12.5. The van der Waals surface area contributed by atoms with Crippen LogP contribution in [0.1, 0.15) is 18.2 Å². The van der Waals surface area contributed by atoms with Crippen molar-refractivity contribution in [2.75, 3.05) is 26.2 Å². The van der Waals surface area contributed by atoms with E-state index in [1.807, 2.05) is 55.6 Å². The zero-order chi connectivity index (χ0) is 17.0. The number of pyridine rings is 1. The Labute approximate surface area is 167 Å². The van der Waals surface area contributed by atoms with Crippen LogP contribution in [0.25, 0.3) is 0 Å². The summed E-state index contributed by atoms with van der Waals surface area (Å²) in [6.07, 6.45) is 2.64. The minimum atomic E-state index is 0. The Kier molecular flexibility index (Phi) is 10.6. The van der Waals surface area contributed by atoms with Crippen molar-refractivity contribution in [3.8, 4) is 5.75 Å². The van der Waals surface area contributed by atoms with Gasteiger partial charge in [-0.15, -0.1) is 24.0 Å². The average Bonchev–Trinajstić information content (AvgIpc) is 2.61. The third-order valence-corrected chi connectivity index (χ3v) is 3.45. The number of aryl methyl sites for hydroxylation is 1. The minimum Gasteiger partial charge on any atom is -0.491 e. The van der Waals surface area contributed by atoms with Gasteiger partial charge in [0.1, 0.15) is 12.4 Å². The summed E-state index contributed by atoms with van der Waals surface area (Å²) in [6.45, 7) is 6.92. The summed E-state index contributed by atoms with van der Waals surface area (Å²) in [5, 5.41) is 6.53. The fourth-order valence-electron chi connectivity index (χ4n) is 2.22. The van der Waals surface area contributed by atoms with Gasteiger partial charge < -0.3 is 15.4 Å². The van der Waals surface area contributed by atoms with Crippen LogP contribution >= 0.6 is 24.0 Å². The maximum atomic E-state index is 5.78. The van der Waals surface area contributed by atoms with Crippen LogP contribution in [0.5, 0.6) is 5.75 Å². The van der Waals surface area contributed by atoms with E-state index in [1.165, 1.54) is 0 Å². The second-order valence-corrected chi connectivity index (χ2v) is 5.37. The van der Waals surface area contributed by atoms with Crippen LogP contribution in [0.3, 0.4) is 0 Å². The number of benzene rings is 1. The number of hydrogen-bond acceptors (Lipinski definition) is 3. The third kappa shape index (κ3) is 8.20. The zero-order valence-corrected chi connectivity index (χ0v) is 17.2. The lowest BCUT2D eigenvalue weighted by Crippen LogP contribution is -2.39. The topological polar surface area (TPSA) is 58.5 Å². The Hall–Kier alpha value is -1.83. The van der Waals surface area contributed by atoms with Gasteiger partial charge in [-0.25, -0.2) is 0 Å². The molecule has 136 valence electrons. The van der Waals surface area contributed by atoms with E-state index >= 15 is 0 Å². The molecule has 1 heterocycles. The van der Waals surface area contributed by atoms with Crippen LogP contribution in [0.4, 0.5) is 0 Å². The van der Waals surface area contributed by atoms with E-state index in [4.69, 9.17) is 4.74 Å². The van der Waals surface area contributed by atoms with E-state index in [0.717, 1.165) is 35.9 Å². The first-order valence-corrected chi connectivity index (χ1v) is 8.40. The molecule has 0 atom stereocenters. The van der Waals surface area contributed by atoms with Crippen molar-refractivity contribution in [2.24, 2.45) is 4.99 Å². The highest BCUT2D eigenvalue weighted by Crippen LogP contribution is 2.15. The molecule has 2 rings (SSSR count). The predicted octanol–water partition coefficient (Wildman–Crippen LogP) is 3.18. The first-order valence-electron chi connectivity index (χ1n) is 8.40. The van der Waals surface area contributed by atoms with Gasteiger partial charge in [-0.2, -0.15) is 0 Å². The fraction of sp³-hybridized carbons (Fsp3) is 0.368. The minimum absolute atomic E-state index is 0. The highest BCUT2D eigenvalue weighted by atomic mass is 127. The monoisotopic (exact) mass is 454 g/mol. The van der Waals surface area contributed by atoms with Crippen molar-refractivity contribution in [2.45, 2.75) is 20.3 Å². The van der Waals surface area contributed by atoms with Gasteiger partial charge in [0.25, 0.3) is 0 Å². The van der Waals surface area contributed by atoms with Gasteiger partial charge in [0.15, 0.2) is 5.96 Å². The maximum absolute atomic E-state index is 5.78. The van der Waals surface area contributed by atoms with Gasteiger partial charge in [-0.3, -0.25) is 9.98 Å². The summed E-state index contributed by atoms with van der Waals surface area (Å²) < 4.78 is 5.78. The number of ether oxygens (including phenoxy) is 1. The molecule has 6 heteroatoms. The molecule has 0 radical (unpaired) electrons. The Morgan fingerprint density at radius 2 is 1.92 bits per heavy atom. The number of nitrogens with zero attached hydrogens (tertiary/aromatic N) is 2. The number of nitrogens with one attached hydrogen (secondary N) is 2. The Morgan fingerprint density at radius 3 is 2.64 bits per heavy atom. The molecule has 0 saturated carbocycles. The Bertz CT molecular complexity index is 634. The molecule has 0 aliphatic rings. The molecule has 25 heavy (non-hydrogen) atoms. The van der Waals surface area contributed by atoms with Gasteiger partial charge in [0, 0.05) is 31.4 Å². The van der Waals surface area contributed by atoms with E-state index in [1.54, 1.807) is 0 Å². The molecule has 2 N–H and O–H groups in total. The normalized spacial score (nSPS) is 10.7. The molecule has 1 aromatic carbocycles. The molecular weight excluding hydrogens is 427 g/mol. The van der Waals surface area contributed by atoms with Crippen molar-refractivity contribution in [3.05, 3.63) is 59.9 Å². The molecule has 0 aliphatic heterocycles. The summed E-state index contributed by atoms with van der Waals surface area (Å²) in [5.74, 6) is 1.73. The summed E-state index contributed by atoms with van der Waals surface area (Å²) >= 11 is 0. The van der Waals surface area contributed by atoms with Gasteiger partial charge in [-0.1, -0.05) is 24.3 Å². The number of aliphatic imine (C=N–C) groups is 1. The molecule has 0 unspecified atom stereocenters. The average molecular weight is 454 g/mol. The smallest absolute Gasteiger partial charge is 0.191 e. The predicted molar refractivity (Wildman–Crippen MR) is 114 cm³/mol. The summed E-state index contributed by atoms with van der Waals surface area (Å²) in [5.41, 5.74) is 2.20. The standard InChI is InChI=1S/C19H26N4O.HI/c1-3-20-19(22-13-11-17-9-6-7-12-21-17)23-14-15-24-18-10-5-4-8-16(18)2;/h4-10,12H,3,11,13-15H2,1-2H3,(H2,20,22,23);1H. The lowest BCUT2D eigenvalue weighted by molar-refractivity contribution is 0.320. The van der Waals surface area contributed by atoms with Crippen LogP contribution in [0.15, 0.2) is 53.7 Å². The first-order chi connectivity index (χ1) is 11.8. The van der Waals surface area contributed by atoms with Crippen LogP contribution < -0.4 is 15.4 Å². The van der Waals surface area contributed by atoms with Gasteiger partial charge in [-0.05, 0) is 37.6 Å². The van der Waals surface area contributed by atoms with E-state index in [9.17, 15) is 0 Å². The van der Waals surface area contributed by atoms with E-state index < -0.39 is 0 Å². The van der Waals surface area contributed by atoms with Crippen molar-refractivity contribution in [1.82, 2.24) is 15.6 Å².